The summed E-state index contributed by atoms with van der Waals surface area (Å²) in [5.41, 5.74) is 1.03. The van der Waals surface area contributed by atoms with Crippen LogP contribution in [-0.4, -0.2) is 21.1 Å². The molecule has 1 aromatic carbocycles. The van der Waals surface area contributed by atoms with Crippen molar-refractivity contribution in [2.24, 2.45) is 0 Å². The Morgan fingerprint density at radius 3 is 2.65 bits per heavy atom. The number of aryl methyl sites for hydroxylation is 1. The average molecular weight is 472 g/mol. The Morgan fingerprint density at radius 2 is 2.04 bits per heavy atom. The topological polar surface area (TPSA) is 70.7 Å². The second kappa shape index (κ2) is 7.06. The minimum atomic E-state index is -3.13. The monoisotopic (exact) mass is 472 g/mol. The molecular formula is C17H12F3IN4O. The van der Waals surface area contributed by atoms with Gasteiger partial charge < -0.3 is 5.32 Å². The molecule has 134 valence electrons. The fourth-order valence-corrected chi connectivity index (χ4v) is 2.61. The number of alkyl halides is 3. The molecule has 0 atom stereocenters. The van der Waals surface area contributed by atoms with Gasteiger partial charge >= 0.3 is 3.93 Å². The Hall–Kier alpha value is -2.43. The predicted octanol–water partition coefficient (Wildman–Crippen LogP) is 4.66. The average Bonchev–Trinajstić information content (AvgIpc) is 3.05. The molecule has 1 amide bonds. The van der Waals surface area contributed by atoms with Gasteiger partial charge in [-0.2, -0.15) is 13.9 Å². The Morgan fingerprint density at radius 1 is 1.27 bits per heavy atom. The number of aromatic nitrogens is 3. The number of carbonyl (C=O) groups is 1. The highest BCUT2D eigenvalue weighted by molar-refractivity contribution is 14.1. The van der Waals surface area contributed by atoms with Crippen LogP contribution in [0.2, 0.25) is 0 Å². The van der Waals surface area contributed by atoms with Gasteiger partial charge in [0.25, 0.3) is 5.91 Å². The summed E-state index contributed by atoms with van der Waals surface area (Å²) in [6, 6.07) is 6.60. The molecule has 5 nitrogen and oxygen atoms in total. The second-order valence-electron chi connectivity index (χ2n) is 5.50. The first-order chi connectivity index (χ1) is 12.3. The number of carbonyl (C=O) groups excluding carboxylic acids is 1. The van der Waals surface area contributed by atoms with Crippen molar-refractivity contribution in [3.63, 3.8) is 0 Å². The van der Waals surface area contributed by atoms with Crippen molar-refractivity contribution < 1.29 is 18.0 Å². The van der Waals surface area contributed by atoms with Gasteiger partial charge in [0.1, 0.15) is 11.5 Å². The minimum absolute atomic E-state index is 0.0474. The van der Waals surface area contributed by atoms with Crippen molar-refractivity contribution in [2.45, 2.75) is 10.9 Å². The Balaban J connectivity index is 1.83. The van der Waals surface area contributed by atoms with Gasteiger partial charge in [-0.1, -0.05) is 0 Å². The quantitative estimate of drug-likeness (QED) is 0.429. The highest BCUT2D eigenvalue weighted by Crippen LogP contribution is 2.36. The molecule has 0 fully saturated rings. The molecule has 0 aliphatic carbocycles. The first-order valence-electron chi connectivity index (χ1n) is 7.40. The number of nitrogens with one attached hydrogen (secondary N) is 2. The van der Waals surface area contributed by atoms with Crippen molar-refractivity contribution in [1.82, 2.24) is 15.2 Å². The maximum absolute atomic E-state index is 14.4. The molecule has 9 heteroatoms. The number of benzene rings is 1. The number of aromatic amines is 1. The van der Waals surface area contributed by atoms with Crippen LogP contribution in [0.25, 0.3) is 11.3 Å². The third-order valence-corrected chi connectivity index (χ3v) is 4.23. The first kappa shape index (κ1) is 18.4. The maximum Gasteiger partial charge on any atom is 0.337 e. The van der Waals surface area contributed by atoms with E-state index in [1.165, 1.54) is 18.3 Å². The lowest BCUT2D eigenvalue weighted by Crippen LogP contribution is -2.13. The van der Waals surface area contributed by atoms with Gasteiger partial charge in [0.05, 0.1) is 5.69 Å². The van der Waals surface area contributed by atoms with E-state index >= 15 is 0 Å². The van der Waals surface area contributed by atoms with Crippen molar-refractivity contribution in [2.75, 3.05) is 5.32 Å². The largest absolute Gasteiger partial charge is 0.337 e. The van der Waals surface area contributed by atoms with E-state index in [-0.39, 0.29) is 16.9 Å². The van der Waals surface area contributed by atoms with Gasteiger partial charge in [0, 0.05) is 51.8 Å². The molecule has 0 radical (unpaired) electrons. The fraction of sp³-hybridized carbons (Fsp3) is 0.118. The third kappa shape index (κ3) is 3.87. The molecule has 0 spiro atoms. The number of anilines is 1. The van der Waals surface area contributed by atoms with Crippen molar-refractivity contribution in [3.05, 3.63) is 65.4 Å². The highest BCUT2D eigenvalue weighted by atomic mass is 127. The molecule has 0 unspecified atom stereocenters. The van der Waals surface area contributed by atoms with Crippen LogP contribution in [0.4, 0.5) is 18.9 Å². The van der Waals surface area contributed by atoms with E-state index < -0.39 is 21.3 Å². The van der Waals surface area contributed by atoms with Gasteiger partial charge in [-0.15, -0.1) is 0 Å². The molecular weight excluding hydrogens is 460 g/mol. The van der Waals surface area contributed by atoms with E-state index in [0.717, 1.165) is 34.7 Å². The van der Waals surface area contributed by atoms with E-state index in [2.05, 4.69) is 20.5 Å². The summed E-state index contributed by atoms with van der Waals surface area (Å²) in [5, 5.41) is 8.51. The molecule has 3 rings (SSSR count). The number of H-pyrrole nitrogens is 1. The number of rotatable bonds is 4. The molecule has 0 bridgehead atoms. The van der Waals surface area contributed by atoms with Gasteiger partial charge in [0.15, 0.2) is 0 Å². The zero-order valence-electron chi connectivity index (χ0n) is 13.4. The minimum Gasteiger partial charge on any atom is -0.322 e. The summed E-state index contributed by atoms with van der Waals surface area (Å²) in [6.45, 7) is 1.74. The lowest BCUT2D eigenvalue weighted by molar-refractivity contribution is 0.102. The van der Waals surface area contributed by atoms with Crippen molar-refractivity contribution >= 4 is 34.2 Å². The maximum atomic E-state index is 14.4. The Bertz CT molecular complexity index is 969. The molecule has 0 saturated heterocycles. The zero-order chi connectivity index (χ0) is 18.9. The van der Waals surface area contributed by atoms with Crippen LogP contribution in [0, 0.1) is 12.7 Å². The van der Waals surface area contributed by atoms with Crippen LogP contribution in [0.5, 0.6) is 0 Å². The van der Waals surface area contributed by atoms with Gasteiger partial charge in [-0.25, -0.2) is 4.39 Å². The van der Waals surface area contributed by atoms with Crippen molar-refractivity contribution in [3.8, 4) is 11.3 Å². The summed E-state index contributed by atoms with van der Waals surface area (Å²) in [5.74, 6) is -1.09. The number of amides is 1. The second-order valence-corrected chi connectivity index (χ2v) is 6.86. The van der Waals surface area contributed by atoms with E-state index in [1.807, 2.05) is 0 Å². The zero-order valence-corrected chi connectivity index (χ0v) is 15.5. The van der Waals surface area contributed by atoms with Crippen LogP contribution in [-0.2, 0) is 3.93 Å². The van der Waals surface area contributed by atoms with Gasteiger partial charge in [-0.3, -0.25) is 14.9 Å². The van der Waals surface area contributed by atoms with Crippen LogP contribution < -0.4 is 5.32 Å². The molecule has 2 aromatic heterocycles. The molecule has 2 N–H and O–H groups in total. The van der Waals surface area contributed by atoms with E-state index in [4.69, 9.17) is 0 Å². The summed E-state index contributed by atoms with van der Waals surface area (Å²) in [7, 11) is 0. The summed E-state index contributed by atoms with van der Waals surface area (Å²) in [6.07, 6.45) is 3.04. The van der Waals surface area contributed by atoms with Crippen LogP contribution >= 0.6 is 22.6 Å². The van der Waals surface area contributed by atoms with Crippen LogP contribution in [0.15, 0.2) is 42.7 Å². The predicted molar refractivity (Wildman–Crippen MR) is 98.8 cm³/mol. The molecule has 0 saturated carbocycles. The lowest BCUT2D eigenvalue weighted by Gasteiger charge is -2.08. The smallest absolute Gasteiger partial charge is 0.322 e. The first-order valence-corrected chi connectivity index (χ1v) is 8.48. The standard InChI is InChI=1S/C17H12F3IN4O/c1-9-8-22-5-4-11(9)16(26)23-10-2-3-12(13(18)6-10)14-7-15(25-24-14)17(19,20)21/h2-8H,1H3,(H,23,26)(H,24,25). The molecule has 2 heterocycles. The molecule has 0 aliphatic rings. The number of hydrogen-bond acceptors (Lipinski definition) is 3. The van der Waals surface area contributed by atoms with Crippen molar-refractivity contribution in [1.29, 1.82) is 0 Å². The Kier molecular flexibility index (Phi) is 4.99. The lowest BCUT2D eigenvalue weighted by atomic mass is 10.1. The van der Waals surface area contributed by atoms with E-state index in [0.29, 0.717) is 11.1 Å². The van der Waals surface area contributed by atoms with Crippen LogP contribution in [0.1, 0.15) is 21.6 Å². The van der Waals surface area contributed by atoms with Gasteiger partial charge in [0.2, 0.25) is 0 Å². The van der Waals surface area contributed by atoms with Crippen LogP contribution in [0.3, 0.4) is 0 Å². The fourth-order valence-electron chi connectivity index (χ4n) is 2.33. The molecule has 3 aromatic rings. The SMILES string of the molecule is Cc1cnccc1C(=O)Nc1ccc(-c2cc(C(F)(F)I)[nH]n2)c(F)c1. The van der Waals surface area contributed by atoms with E-state index in [9.17, 15) is 18.0 Å². The summed E-state index contributed by atoms with van der Waals surface area (Å²) in [4.78, 5) is 16.2. The third-order valence-electron chi connectivity index (χ3n) is 3.65. The number of halogens is 4. The Labute approximate surface area is 160 Å². The number of pyridine rings is 1. The highest BCUT2D eigenvalue weighted by Gasteiger charge is 2.29. The summed E-state index contributed by atoms with van der Waals surface area (Å²) < 4.78 is 37.8. The van der Waals surface area contributed by atoms with E-state index in [1.54, 1.807) is 19.2 Å². The molecule has 26 heavy (non-hydrogen) atoms. The number of nitrogens with zero attached hydrogens (tertiary/aromatic N) is 2. The summed E-state index contributed by atoms with van der Waals surface area (Å²) >= 11 is 0.960. The number of hydrogen-bond donors (Lipinski definition) is 2. The van der Waals surface area contributed by atoms with Gasteiger partial charge in [-0.05, 0) is 42.8 Å². The normalized spacial score (nSPS) is 11.4. The molecule has 0 aliphatic heterocycles.